The van der Waals surface area contributed by atoms with Crippen LogP contribution in [0, 0.1) is 0 Å². The summed E-state index contributed by atoms with van der Waals surface area (Å²) >= 11 is 0. The van der Waals surface area contributed by atoms with Crippen LogP contribution in [-0.4, -0.2) is 9.78 Å². The molecule has 0 saturated carbocycles. The molecular formula is C11H20N2O. The van der Waals surface area contributed by atoms with Gasteiger partial charge in [-0.15, -0.1) is 0 Å². The molecule has 0 unspecified atom stereocenters. The zero-order valence-electron chi connectivity index (χ0n) is 9.93. The third-order valence-electron chi connectivity index (χ3n) is 2.41. The van der Waals surface area contributed by atoms with Crippen LogP contribution < -0.4 is 5.56 Å². The minimum absolute atomic E-state index is 0.0000231. The molecule has 0 aliphatic rings. The molecule has 3 nitrogen and oxygen atoms in total. The molecule has 1 heterocycles. The van der Waals surface area contributed by atoms with E-state index in [0.29, 0.717) is 0 Å². The van der Waals surface area contributed by atoms with E-state index >= 15 is 0 Å². The van der Waals surface area contributed by atoms with Crippen LogP contribution >= 0.6 is 0 Å². The van der Waals surface area contributed by atoms with Gasteiger partial charge in [0.05, 0.1) is 0 Å². The fourth-order valence-corrected chi connectivity index (χ4v) is 1.67. The van der Waals surface area contributed by atoms with E-state index in [1.807, 2.05) is 0 Å². The highest BCUT2D eigenvalue weighted by Gasteiger charge is 2.24. The van der Waals surface area contributed by atoms with E-state index in [1.165, 1.54) is 0 Å². The van der Waals surface area contributed by atoms with Gasteiger partial charge in [0.1, 0.15) is 0 Å². The molecule has 1 N–H and O–H groups in total. The Labute approximate surface area is 85.1 Å². The quantitative estimate of drug-likeness (QED) is 0.734. The van der Waals surface area contributed by atoms with Crippen LogP contribution in [-0.2, 0) is 12.5 Å². The molecule has 0 fully saturated rings. The van der Waals surface area contributed by atoms with Gasteiger partial charge in [0, 0.05) is 23.7 Å². The maximum absolute atomic E-state index is 11.8. The Balaban J connectivity index is 3.45. The lowest BCUT2D eigenvalue weighted by Gasteiger charge is -2.19. The second-order valence-corrected chi connectivity index (χ2v) is 5.17. The number of nitrogens with one attached hydrogen (secondary N) is 1. The van der Waals surface area contributed by atoms with Gasteiger partial charge in [-0.1, -0.05) is 34.6 Å². The van der Waals surface area contributed by atoms with Gasteiger partial charge in [-0.05, 0) is 5.92 Å². The van der Waals surface area contributed by atoms with Gasteiger partial charge in [-0.2, -0.15) is 0 Å². The van der Waals surface area contributed by atoms with E-state index < -0.39 is 0 Å². The van der Waals surface area contributed by atoms with Gasteiger partial charge >= 0.3 is 0 Å². The maximum atomic E-state index is 11.8. The number of rotatable bonds is 1. The summed E-state index contributed by atoms with van der Waals surface area (Å²) < 4.78 is 1.57. The van der Waals surface area contributed by atoms with E-state index in [1.54, 1.807) is 11.7 Å². The van der Waals surface area contributed by atoms with Crippen LogP contribution in [0.1, 0.15) is 51.8 Å². The van der Waals surface area contributed by atoms with Crippen molar-refractivity contribution in [3.8, 4) is 0 Å². The van der Waals surface area contributed by atoms with Crippen LogP contribution in [0.15, 0.2) is 4.79 Å². The van der Waals surface area contributed by atoms with Gasteiger partial charge in [0.15, 0.2) is 0 Å². The van der Waals surface area contributed by atoms with Crippen LogP contribution in [0.4, 0.5) is 0 Å². The summed E-state index contributed by atoms with van der Waals surface area (Å²) in [7, 11) is 1.77. The molecule has 0 atom stereocenters. The van der Waals surface area contributed by atoms with Crippen molar-refractivity contribution in [2.24, 2.45) is 7.05 Å². The van der Waals surface area contributed by atoms with Crippen molar-refractivity contribution in [1.82, 2.24) is 9.78 Å². The summed E-state index contributed by atoms with van der Waals surface area (Å²) in [5.41, 5.74) is 2.07. The molecular weight excluding hydrogens is 176 g/mol. The molecule has 1 rings (SSSR count). The van der Waals surface area contributed by atoms with Crippen LogP contribution in [0.25, 0.3) is 0 Å². The van der Waals surface area contributed by atoms with Gasteiger partial charge in [-0.25, -0.2) is 0 Å². The monoisotopic (exact) mass is 196 g/mol. The molecule has 1 aromatic rings. The standard InChI is InChI=1S/C11H20N2O/c1-7(2)8-9(11(3,4)5)12-13(6)10(8)14/h7,12H,1-6H3. The second kappa shape index (κ2) is 3.30. The minimum atomic E-state index is 0.0000231. The lowest BCUT2D eigenvalue weighted by molar-refractivity contribution is 0.544. The highest BCUT2D eigenvalue weighted by atomic mass is 16.1. The first kappa shape index (κ1) is 11.1. The topological polar surface area (TPSA) is 37.8 Å². The number of H-pyrrole nitrogens is 1. The molecule has 0 aliphatic heterocycles. The van der Waals surface area contributed by atoms with E-state index in [4.69, 9.17) is 0 Å². The smallest absolute Gasteiger partial charge is 0.269 e. The van der Waals surface area contributed by atoms with E-state index in [-0.39, 0.29) is 16.9 Å². The Kier molecular flexibility index (Phi) is 2.61. The Morgan fingerprint density at radius 2 is 1.79 bits per heavy atom. The molecule has 0 aliphatic carbocycles. The van der Waals surface area contributed by atoms with E-state index in [9.17, 15) is 4.79 Å². The second-order valence-electron chi connectivity index (χ2n) is 5.17. The zero-order valence-corrected chi connectivity index (χ0v) is 9.93. The SMILES string of the molecule is CC(C)c1c(C(C)(C)C)[nH]n(C)c1=O. The number of aromatic nitrogens is 2. The predicted molar refractivity (Wildman–Crippen MR) is 58.8 cm³/mol. The van der Waals surface area contributed by atoms with Crippen molar-refractivity contribution >= 4 is 0 Å². The molecule has 0 spiro atoms. The number of hydrogen-bond donors (Lipinski definition) is 1. The highest BCUT2D eigenvalue weighted by Crippen LogP contribution is 2.26. The molecule has 14 heavy (non-hydrogen) atoms. The molecule has 0 bridgehead atoms. The zero-order chi connectivity index (χ0) is 11.1. The van der Waals surface area contributed by atoms with Crippen molar-refractivity contribution < 1.29 is 0 Å². The van der Waals surface area contributed by atoms with Crippen LogP contribution in [0.2, 0.25) is 0 Å². The number of hydrogen-bond acceptors (Lipinski definition) is 1. The van der Waals surface area contributed by atoms with Crippen LogP contribution in [0.3, 0.4) is 0 Å². The van der Waals surface area contributed by atoms with Crippen molar-refractivity contribution in [3.63, 3.8) is 0 Å². The average molecular weight is 196 g/mol. The maximum Gasteiger partial charge on any atom is 0.269 e. The molecule has 1 aromatic heterocycles. The van der Waals surface area contributed by atoms with Gasteiger partial charge in [-0.3, -0.25) is 14.6 Å². The van der Waals surface area contributed by atoms with Gasteiger partial charge in [0.25, 0.3) is 5.56 Å². The fraction of sp³-hybridized carbons (Fsp3) is 0.727. The first-order valence-electron chi connectivity index (χ1n) is 5.04. The van der Waals surface area contributed by atoms with Crippen molar-refractivity contribution in [1.29, 1.82) is 0 Å². The Morgan fingerprint density at radius 1 is 1.29 bits per heavy atom. The Hall–Kier alpha value is -0.990. The van der Waals surface area contributed by atoms with Crippen LogP contribution in [0.5, 0.6) is 0 Å². The lowest BCUT2D eigenvalue weighted by Crippen LogP contribution is -2.18. The molecule has 0 aromatic carbocycles. The summed E-state index contributed by atoms with van der Waals surface area (Å²) in [6, 6.07) is 0. The molecule has 0 amide bonds. The van der Waals surface area contributed by atoms with Crippen molar-refractivity contribution in [2.75, 3.05) is 0 Å². The third-order valence-corrected chi connectivity index (χ3v) is 2.41. The number of aromatic amines is 1. The summed E-state index contributed by atoms with van der Waals surface area (Å²) in [5, 5.41) is 3.14. The summed E-state index contributed by atoms with van der Waals surface area (Å²) in [6.07, 6.45) is 0. The summed E-state index contributed by atoms with van der Waals surface area (Å²) in [4.78, 5) is 11.8. The summed E-state index contributed by atoms with van der Waals surface area (Å²) in [5.74, 6) is 0.272. The number of nitrogens with zero attached hydrogens (tertiary/aromatic N) is 1. The van der Waals surface area contributed by atoms with E-state index in [2.05, 4.69) is 39.7 Å². The summed E-state index contributed by atoms with van der Waals surface area (Å²) in [6.45, 7) is 10.5. The fourth-order valence-electron chi connectivity index (χ4n) is 1.67. The van der Waals surface area contributed by atoms with Crippen molar-refractivity contribution in [3.05, 3.63) is 21.6 Å². The van der Waals surface area contributed by atoms with E-state index in [0.717, 1.165) is 11.3 Å². The molecule has 80 valence electrons. The largest absolute Gasteiger partial charge is 0.299 e. The Morgan fingerprint density at radius 3 is 2.07 bits per heavy atom. The predicted octanol–water partition coefficient (Wildman–Crippen LogP) is 2.13. The minimum Gasteiger partial charge on any atom is -0.299 e. The lowest BCUT2D eigenvalue weighted by atomic mass is 9.86. The first-order valence-corrected chi connectivity index (χ1v) is 5.04. The molecule has 3 heteroatoms. The Bertz CT molecular complexity index is 377. The number of aryl methyl sites for hydroxylation is 1. The molecule has 0 saturated heterocycles. The average Bonchev–Trinajstić information content (AvgIpc) is 2.27. The van der Waals surface area contributed by atoms with Gasteiger partial charge < -0.3 is 0 Å². The third kappa shape index (κ3) is 1.76. The normalized spacial score (nSPS) is 12.5. The van der Waals surface area contributed by atoms with Gasteiger partial charge in [0.2, 0.25) is 0 Å². The highest BCUT2D eigenvalue weighted by molar-refractivity contribution is 5.26. The molecule has 0 radical (unpaired) electrons. The van der Waals surface area contributed by atoms with Crippen molar-refractivity contribution in [2.45, 2.75) is 46.0 Å². The first-order chi connectivity index (χ1) is 6.25.